The Bertz CT molecular complexity index is 1020. The maximum absolute atomic E-state index is 13.6. The van der Waals surface area contributed by atoms with Crippen LogP contribution in [0.3, 0.4) is 0 Å². The molecular weight excluding hydrogens is 488 g/mol. The molecule has 1 fully saturated rings. The van der Waals surface area contributed by atoms with Crippen molar-refractivity contribution in [3.8, 4) is 0 Å². The van der Waals surface area contributed by atoms with Crippen molar-refractivity contribution in [1.82, 2.24) is 15.1 Å². The Labute approximate surface area is 225 Å². The van der Waals surface area contributed by atoms with Gasteiger partial charge in [0.1, 0.15) is 6.04 Å². The first-order chi connectivity index (χ1) is 17.9. The number of carbonyl (C=O) groups is 3. The number of nitrogens with one attached hydrogen (secondary N) is 2. The minimum Gasteiger partial charge on any atom is -0.337 e. The fourth-order valence-electron chi connectivity index (χ4n) is 4.68. The molecule has 1 heterocycles. The summed E-state index contributed by atoms with van der Waals surface area (Å²) in [5.74, 6) is 0.0195. The van der Waals surface area contributed by atoms with Gasteiger partial charge in [0.05, 0.1) is 0 Å². The van der Waals surface area contributed by atoms with Crippen LogP contribution >= 0.6 is 11.6 Å². The molecule has 1 saturated heterocycles. The van der Waals surface area contributed by atoms with Crippen LogP contribution in [0.15, 0.2) is 54.6 Å². The van der Waals surface area contributed by atoms with Gasteiger partial charge in [-0.1, -0.05) is 74.5 Å². The number of benzene rings is 2. The van der Waals surface area contributed by atoms with E-state index in [0.29, 0.717) is 43.2 Å². The monoisotopic (exact) mass is 526 g/mol. The van der Waals surface area contributed by atoms with Crippen LogP contribution in [0.25, 0.3) is 0 Å². The fraction of sp³-hybridized carbons (Fsp3) is 0.483. The van der Waals surface area contributed by atoms with E-state index in [1.807, 2.05) is 42.2 Å². The molecule has 0 spiro atoms. The number of piperazine rings is 1. The fourth-order valence-corrected chi connectivity index (χ4v) is 4.81. The number of unbranched alkanes of at least 4 members (excludes halogenated alkanes) is 4. The molecule has 3 rings (SSSR count). The Morgan fingerprint density at radius 1 is 0.973 bits per heavy atom. The zero-order chi connectivity index (χ0) is 26.6. The number of anilines is 1. The summed E-state index contributed by atoms with van der Waals surface area (Å²) >= 11 is 5.93. The molecule has 200 valence electrons. The number of urea groups is 1. The standard InChI is InChI=1S/C29H39ClN4O3/c1-3-4-5-6-10-13-27(35)34-19-18-33(21-22(34)2)28(36)26(20-23-11-8-7-9-12-23)32-29(37)31-25-16-14-24(30)15-17-25/h7-9,11-12,14-17,22,26H,3-6,10,13,18-21H2,1-2H3,(H2,31,32,37). The van der Waals surface area contributed by atoms with Crippen molar-refractivity contribution in [3.63, 3.8) is 0 Å². The summed E-state index contributed by atoms with van der Waals surface area (Å²) < 4.78 is 0. The van der Waals surface area contributed by atoms with Crippen molar-refractivity contribution in [2.24, 2.45) is 0 Å². The van der Waals surface area contributed by atoms with Crippen LogP contribution in [0.1, 0.15) is 57.9 Å². The molecular formula is C29H39ClN4O3. The first-order valence-electron chi connectivity index (χ1n) is 13.3. The van der Waals surface area contributed by atoms with E-state index < -0.39 is 12.1 Å². The van der Waals surface area contributed by atoms with E-state index in [1.165, 1.54) is 19.3 Å². The molecule has 0 aromatic heterocycles. The molecule has 4 amide bonds. The smallest absolute Gasteiger partial charge is 0.319 e. The van der Waals surface area contributed by atoms with Crippen molar-refractivity contribution in [3.05, 3.63) is 65.2 Å². The number of hydrogen-bond donors (Lipinski definition) is 2. The van der Waals surface area contributed by atoms with E-state index in [4.69, 9.17) is 11.6 Å². The van der Waals surface area contributed by atoms with Crippen LogP contribution in [0, 0.1) is 0 Å². The van der Waals surface area contributed by atoms with Crippen molar-refractivity contribution in [1.29, 1.82) is 0 Å². The molecule has 2 aromatic carbocycles. The van der Waals surface area contributed by atoms with E-state index in [0.717, 1.165) is 18.4 Å². The number of halogens is 1. The van der Waals surface area contributed by atoms with Crippen LogP contribution in [0.2, 0.25) is 5.02 Å². The highest BCUT2D eigenvalue weighted by Gasteiger charge is 2.33. The Morgan fingerprint density at radius 3 is 2.35 bits per heavy atom. The molecule has 7 nitrogen and oxygen atoms in total. The largest absolute Gasteiger partial charge is 0.337 e. The maximum Gasteiger partial charge on any atom is 0.319 e. The lowest BCUT2D eigenvalue weighted by molar-refractivity contribution is -0.143. The zero-order valence-electron chi connectivity index (χ0n) is 21.9. The lowest BCUT2D eigenvalue weighted by atomic mass is 10.0. The van der Waals surface area contributed by atoms with Crippen LogP contribution in [-0.4, -0.2) is 59.4 Å². The predicted octanol–water partition coefficient (Wildman–Crippen LogP) is 5.49. The number of hydrogen-bond acceptors (Lipinski definition) is 3. The second-order valence-electron chi connectivity index (χ2n) is 9.73. The highest BCUT2D eigenvalue weighted by atomic mass is 35.5. The molecule has 0 radical (unpaired) electrons. The van der Waals surface area contributed by atoms with Crippen molar-refractivity contribution in [2.45, 2.75) is 70.9 Å². The van der Waals surface area contributed by atoms with Gasteiger partial charge in [-0.05, 0) is 43.2 Å². The van der Waals surface area contributed by atoms with E-state index >= 15 is 0 Å². The molecule has 2 N–H and O–H groups in total. The van der Waals surface area contributed by atoms with Gasteiger partial charge in [-0.2, -0.15) is 0 Å². The topological polar surface area (TPSA) is 81.8 Å². The second-order valence-corrected chi connectivity index (χ2v) is 10.2. The quantitative estimate of drug-likeness (QED) is 0.380. The number of amides is 4. The Morgan fingerprint density at radius 2 is 1.68 bits per heavy atom. The molecule has 0 aliphatic carbocycles. The summed E-state index contributed by atoms with van der Waals surface area (Å²) in [7, 11) is 0. The molecule has 0 bridgehead atoms. The van der Waals surface area contributed by atoms with Gasteiger partial charge in [0.15, 0.2) is 0 Å². The third-order valence-corrected chi connectivity index (χ3v) is 6.99. The van der Waals surface area contributed by atoms with Gasteiger partial charge < -0.3 is 20.4 Å². The average Bonchev–Trinajstić information content (AvgIpc) is 2.89. The van der Waals surface area contributed by atoms with E-state index in [1.54, 1.807) is 29.2 Å². The van der Waals surface area contributed by atoms with E-state index in [9.17, 15) is 14.4 Å². The second kappa shape index (κ2) is 14.6. The van der Waals surface area contributed by atoms with Crippen molar-refractivity contribution >= 4 is 35.1 Å². The first-order valence-corrected chi connectivity index (χ1v) is 13.7. The number of carbonyl (C=O) groups excluding carboxylic acids is 3. The summed E-state index contributed by atoms with van der Waals surface area (Å²) in [6.45, 7) is 5.58. The van der Waals surface area contributed by atoms with Crippen molar-refractivity contribution < 1.29 is 14.4 Å². The summed E-state index contributed by atoms with van der Waals surface area (Å²) in [6.07, 6.45) is 6.49. The Kier molecular flexibility index (Phi) is 11.3. The Balaban J connectivity index is 1.60. The molecule has 0 saturated carbocycles. The van der Waals surface area contributed by atoms with Crippen molar-refractivity contribution in [2.75, 3.05) is 25.0 Å². The SMILES string of the molecule is CCCCCCCC(=O)N1CCN(C(=O)C(Cc2ccccc2)NC(=O)Nc2ccc(Cl)cc2)CC1C. The first kappa shape index (κ1) is 28.5. The average molecular weight is 527 g/mol. The van der Waals surface area contributed by atoms with E-state index in [2.05, 4.69) is 17.6 Å². The lowest BCUT2D eigenvalue weighted by Crippen LogP contribution is -2.59. The van der Waals surface area contributed by atoms with Gasteiger partial charge in [-0.3, -0.25) is 9.59 Å². The van der Waals surface area contributed by atoms with Gasteiger partial charge in [-0.15, -0.1) is 0 Å². The molecule has 1 aliphatic heterocycles. The maximum atomic E-state index is 13.6. The summed E-state index contributed by atoms with van der Waals surface area (Å²) in [5.41, 5.74) is 1.54. The Hall–Kier alpha value is -3.06. The van der Waals surface area contributed by atoms with Gasteiger partial charge >= 0.3 is 6.03 Å². The highest BCUT2D eigenvalue weighted by Crippen LogP contribution is 2.17. The predicted molar refractivity (Wildman–Crippen MR) is 149 cm³/mol. The van der Waals surface area contributed by atoms with Gasteiger partial charge in [0.2, 0.25) is 11.8 Å². The summed E-state index contributed by atoms with van der Waals surface area (Å²) in [4.78, 5) is 42.8. The lowest BCUT2D eigenvalue weighted by Gasteiger charge is -2.41. The highest BCUT2D eigenvalue weighted by molar-refractivity contribution is 6.30. The molecule has 8 heteroatoms. The zero-order valence-corrected chi connectivity index (χ0v) is 22.7. The minimum atomic E-state index is -0.734. The summed E-state index contributed by atoms with van der Waals surface area (Å²) in [5, 5.41) is 6.21. The molecule has 2 atom stereocenters. The molecule has 1 aliphatic rings. The molecule has 2 unspecified atom stereocenters. The number of nitrogens with zero attached hydrogens (tertiary/aromatic N) is 2. The van der Waals surface area contributed by atoms with E-state index in [-0.39, 0.29) is 17.9 Å². The van der Waals surface area contributed by atoms with Crippen LogP contribution in [-0.2, 0) is 16.0 Å². The van der Waals surface area contributed by atoms with Crippen LogP contribution in [0.4, 0.5) is 10.5 Å². The summed E-state index contributed by atoms with van der Waals surface area (Å²) in [6, 6.07) is 15.2. The van der Waals surface area contributed by atoms with Gasteiger partial charge in [-0.25, -0.2) is 4.79 Å². The third-order valence-electron chi connectivity index (χ3n) is 6.74. The van der Waals surface area contributed by atoms with Crippen LogP contribution in [0.5, 0.6) is 0 Å². The third kappa shape index (κ3) is 9.08. The molecule has 2 aromatic rings. The van der Waals surface area contributed by atoms with Gasteiger partial charge in [0.25, 0.3) is 0 Å². The normalized spacial score (nSPS) is 16.2. The van der Waals surface area contributed by atoms with Crippen LogP contribution < -0.4 is 10.6 Å². The van der Waals surface area contributed by atoms with Gasteiger partial charge in [0, 0.05) is 49.2 Å². The minimum absolute atomic E-state index is 0.0684. The number of rotatable bonds is 11. The molecule has 37 heavy (non-hydrogen) atoms.